The lowest BCUT2D eigenvalue weighted by Crippen LogP contribution is -2.33. The van der Waals surface area contributed by atoms with E-state index in [4.69, 9.17) is 16.3 Å². The number of carbonyl (C=O) groups excluding carboxylic acids is 1. The van der Waals surface area contributed by atoms with Crippen molar-refractivity contribution in [2.45, 2.75) is 13.0 Å². The molecule has 0 unspecified atom stereocenters. The fourth-order valence-corrected chi connectivity index (χ4v) is 3.45. The number of thiophene rings is 1. The molecule has 1 amide bonds. The lowest BCUT2D eigenvalue weighted by molar-refractivity contribution is -0.133. The van der Waals surface area contributed by atoms with Crippen LogP contribution >= 0.6 is 22.9 Å². The summed E-state index contributed by atoms with van der Waals surface area (Å²) in [5, 5.41) is 3.43. The van der Waals surface area contributed by atoms with Crippen LogP contribution in [0.4, 0.5) is 0 Å². The molecule has 1 aromatic carbocycles. The Morgan fingerprint density at radius 2 is 2.17 bits per heavy atom. The number of aromatic nitrogens is 1. The zero-order chi connectivity index (χ0) is 17.1. The van der Waals surface area contributed by atoms with Crippen LogP contribution in [0.2, 0.25) is 5.02 Å². The number of amides is 1. The van der Waals surface area contributed by atoms with Crippen molar-refractivity contribution in [3.8, 4) is 5.75 Å². The summed E-state index contributed by atoms with van der Waals surface area (Å²) in [5.41, 5.74) is 0.659. The zero-order valence-corrected chi connectivity index (χ0v) is 15.0. The number of hydrogen-bond donors (Lipinski definition) is 0. The topological polar surface area (TPSA) is 42.4 Å². The largest absolute Gasteiger partial charge is 0.481 e. The maximum absolute atomic E-state index is 12.4. The number of benzene rings is 1. The Balaban J connectivity index is 1.72. The van der Waals surface area contributed by atoms with Crippen LogP contribution in [0.5, 0.6) is 5.75 Å². The molecular weight excluding hydrogens is 344 g/mol. The number of rotatable bonds is 5. The Kier molecular flexibility index (Phi) is 5.02. The van der Waals surface area contributed by atoms with Crippen LogP contribution in [0.25, 0.3) is 10.9 Å². The summed E-state index contributed by atoms with van der Waals surface area (Å²) < 4.78 is 5.72. The van der Waals surface area contributed by atoms with Crippen molar-refractivity contribution in [1.29, 1.82) is 0 Å². The van der Waals surface area contributed by atoms with Crippen molar-refractivity contribution in [1.82, 2.24) is 9.88 Å². The number of carbonyl (C=O) groups is 1. The number of nitrogens with zero attached hydrogens (tertiary/aromatic N) is 2. The fourth-order valence-electron chi connectivity index (χ4n) is 2.41. The van der Waals surface area contributed by atoms with Gasteiger partial charge in [0.05, 0.1) is 11.1 Å². The first-order chi connectivity index (χ1) is 11.6. The Hall–Kier alpha value is -2.11. The number of halogens is 1. The van der Waals surface area contributed by atoms with Gasteiger partial charge in [-0.1, -0.05) is 17.7 Å². The van der Waals surface area contributed by atoms with Gasteiger partial charge >= 0.3 is 0 Å². The zero-order valence-electron chi connectivity index (χ0n) is 13.4. The Bertz CT molecular complexity index is 851. The second-order valence-corrected chi connectivity index (χ2v) is 6.82. The summed E-state index contributed by atoms with van der Waals surface area (Å²) in [4.78, 5) is 19.6. The molecule has 124 valence electrons. The van der Waals surface area contributed by atoms with Gasteiger partial charge in [0.2, 0.25) is 0 Å². The Morgan fingerprint density at radius 3 is 2.92 bits per heavy atom. The van der Waals surface area contributed by atoms with Gasteiger partial charge in [0.1, 0.15) is 11.3 Å². The van der Waals surface area contributed by atoms with Crippen molar-refractivity contribution in [3.63, 3.8) is 0 Å². The molecule has 24 heavy (non-hydrogen) atoms. The molecule has 0 aliphatic heterocycles. The third-order valence-corrected chi connectivity index (χ3v) is 5.33. The standard InChI is InChI=1S/C18H17ClN2O2S/c1-12(16-6-4-10-24-16)21(2)17(22)11-23-15-8-7-14(19)13-5-3-9-20-18(13)15/h3-10,12H,11H2,1-2H3/t12-/m0/s1. The summed E-state index contributed by atoms with van der Waals surface area (Å²) in [6.45, 7) is 1.96. The maximum atomic E-state index is 12.4. The Labute approximate surface area is 149 Å². The second-order valence-electron chi connectivity index (χ2n) is 5.43. The van der Waals surface area contributed by atoms with Gasteiger partial charge in [-0.2, -0.15) is 0 Å². The van der Waals surface area contributed by atoms with E-state index >= 15 is 0 Å². The Morgan fingerprint density at radius 1 is 1.33 bits per heavy atom. The average molecular weight is 361 g/mol. The van der Waals surface area contributed by atoms with E-state index in [0.29, 0.717) is 16.3 Å². The molecule has 1 atom stereocenters. The molecule has 2 aromatic heterocycles. The summed E-state index contributed by atoms with van der Waals surface area (Å²) in [5.74, 6) is 0.468. The molecule has 4 nitrogen and oxygen atoms in total. The van der Waals surface area contributed by atoms with E-state index in [9.17, 15) is 4.79 Å². The van der Waals surface area contributed by atoms with Gasteiger partial charge in [0, 0.05) is 23.5 Å². The minimum Gasteiger partial charge on any atom is -0.481 e. The predicted molar refractivity (Wildman–Crippen MR) is 97.8 cm³/mol. The second kappa shape index (κ2) is 7.20. The number of likely N-dealkylation sites (N-methyl/N-ethyl adjacent to an activating group) is 1. The quantitative estimate of drug-likeness (QED) is 0.670. The molecule has 0 saturated carbocycles. The van der Waals surface area contributed by atoms with E-state index in [1.807, 2.05) is 36.6 Å². The molecule has 0 N–H and O–H groups in total. The fraction of sp³-hybridized carbons (Fsp3) is 0.222. The molecule has 0 aliphatic carbocycles. The van der Waals surface area contributed by atoms with Gasteiger partial charge < -0.3 is 9.64 Å². The molecule has 6 heteroatoms. The van der Waals surface area contributed by atoms with Gasteiger partial charge in [-0.25, -0.2) is 0 Å². The van der Waals surface area contributed by atoms with E-state index in [2.05, 4.69) is 4.98 Å². The third kappa shape index (κ3) is 3.37. The number of hydrogen-bond acceptors (Lipinski definition) is 4. The molecule has 0 radical (unpaired) electrons. The first kappa shape index (κ1) is 16.7. The number of fused-ring (bicyclic) bond motifs is 1. The van der Waals surface area contributed by atoms with Crippen LogP contribution in [-0.2, 0) is 4.79 Å². The molecular formula is C18H17ClN2O2S. The minimum atomic E-state index is -0.0880. The van der Waals surface area contributed by atoms with Crippen molar-refractivity contribution >= 4 is 39.7 Å². The summed E-state index contributed by atoms with van der Waals surface area (Å²) in [6, 6.07) is 11.2. The van der Waals surface area contributed by atoms with E-state index < -0.39 is 0 Å². The van der Waals surface area contributed by atoms with Gasteiger partial charge in [-0.3, -0.25) is 9.78 Å². The molecule has 0 bridgehead atoms. The van der Waals surface area contributed by atoms with E-state index in [1.54, 1.807) is 41.6 Å². The predicted octanol–water partition coefficient (Wildman–Crippen LogP) is 4.55. The van der Waals surface area contributed by atoms with Crippen molar-refractivity contribution in [2.24, 2.45) is 0 Å². The molecule has 3 aromatic rings. The van der Waals surface area contributed by atoms with Crippen molar-refractivity contribution in [3.05, 3.63) is 57.9 Å². The summed E-state index contributed by atoms with van der Waals surface area (Å²) in [6.07, 6.45) is 1.68. The normalized spacial score (nSPS) is 12.1. The molecule has 3 rings (SSSR count). The third-order valence-electron chi connectivity index (χ3n) is 3.96. The molecule has 2 heterocycles. The van der Waals surface area contributed by atoms with Gasteiger partial charge in [-0.05, 0) is 42.6 Å². The highest BCUT2D eigenvalue weighted by Gasteiger charge is 2.19. The highest BCUT2D eigenvalue weighted by atomic mass is 35.5. The van der Waals surface area contributed by atoms with Crippen LogP contribution in [0.3, 0.4) is 0 Å². The SMILES string of the molecule is C[C@@H](c1cccs1)N(C)C(=O)COc1ccc(Cl)c2cccnc12. The van der Waals surface area contributed by atoms with Crippen LogP contribution in [0.15, 0.2) is 48.0 Å². The lowest BCUT2D eigenvalue weighted by atomic mass is 10.2. The summed E-state index contributed by atoms with van der Waals surface area (Å²) >= 11 is 7.81. The molecule has 0 fully saturated rings. The van der Waals surface area contributed by atoms with Crippen LogP contribution in [-0.4, -0.2) is 29.4 Å². The first-order valence-corrected chi connectivity index (χ1v) is 8.79. The average Bonchev–Trinajstić information content (AvgIpc) is 3.14. The van der Waals surface area contributed by atoms with Gasteiger partial charge in [0.25, 0.3) is 5.91 Å². The highest BCUT2D eigenvalue weighted by molar-refractivity contribution is 7.10. The van der Waals surface area contributed by atoms with Crippen LogP contribution < -0.4 is 4.74 Å². The lowest BCUT2D eigenvalue weighted by Gasteiger charge is -2.24. The highest BCUT2D eigenvalue weighted by Crippen LogP contribution is 2.30. The maximum Gasteiger partial charge on any atom is 0.260 e. The van der Waals surface area contributed by atoms with Crippen molar-refractivity contribution in [2.75, 3.05) is 13.7 Å². The first-order valence-electron chi connectivity index (χ1n) is 7.53. The molecule has 0 aliphatic rings. The van der Waals surface area contributed by atoms with Crippen LogP contribution in [0, 0.1) is 0 Å². The monoisotopic (exact) mass is 360 g/mol. The van der Waals surface area contributed by atoms with Crippen LogP contribution in [0.1, 0.15) is 17.8 Å². The van der Waals surface area contributed by atoms with E-state index in [-0.39, 0.29) is 18.6 Å². The van der Waals surface area contributed by atoms with Gasteiger partial charge in [-0.15, -0.1) is 11.3 Å². The molecule has 0 spiro atoms. The number of pyridine rings is 1. The smallest absolute Gasteiger partial charge is 0.260 e. The van der Waals surface area contributed by atoms with E-state index in [0.717, 1.165) is 10.3 Å². The molecule has 0 saturated heterocycles. The van der Waals surface area contributed by atoms with Gasteiger partial charge in [0.15, 0.2) is 6.61 Å². The minimum absolute atomic E-state index is 0.0150. The summed E-state index contributed by atoms with van der Waals surface area (Å²) in [7, 11) is 1.79. The van der Waals surface area contributed by atoms with Crippen molar-refractivity contribution < 1.29 is 9.53 Å². The van der Waals surface area contributed by atoms with E-state index in [1.165, 1.54) is 0 Å². The number of ether oxygens (including phenoxy) is 1.